The summed E-state index contributed by atoms with van der Waals surface area (Å²) in [5.74, 6) is -0.232. The first-order chi connectivity index (χ1) is 9.56. The largest absolute Gasteiger partial charge is 0.369 e. The number of anilines is 1. The average molecular weight is 275 g/mol. The summed E-state index contributed by atoms with van der Waals surface area (Å²) in [6.07, 6.45) is 1.54. The number of piperidine rings is 1. The topological polar surface area (TPSA) is 75.4 Å². The van der Waals surface area contributed by atoms with Gasteiger partial charge in [0, 0.05) is 11.6 Å². The van der Waals surface area contributed by atoms with E-state index in [4.69, 9.17) is 5.73 Å². The first kappa shape index (κ1) is 14.5. The number of nitrogens with one attached hydrogen (secondary N) is 1. The molecule has 0 bridgehead atoms. The molecule has 1 aliphatic heterocycles. The Bertz CT molecular complexity index is 494. The molecule has 1 aromatic rings. The van der Waals surface area contributed by atoms with E-state index in [2.05, 4.69) is 5.32 Å². The molecule has 1 aliphatic rings. The Balaban J connectivity index is 1.86. The number of nitrogens with zero attached hydrogens (tertiary/aromatic N) is 1. The van der Waals surface area contributed by atoms with Crippen molar-refractivity contribution in [2.45, 2.75) is 19.8 Å². The quantitative estimate of drug-likeness (QED) is 0.865. The van der Waals surface area contributed by atoms with E-state index in [1.54, 1.807) is 0 Å². The Hall–Kier alpha value is -1.88. The predicted octanol–water partition coefficient (Wildman–Crippen LogP) is 1.13. The number of nitrogens with two attached hydrogens (primary N) is 1. The van der Waals surface area contributed by atoms with Crippen LogP contribution >= 0.6 is 0 Å². The van der Waals surface area contributed by atoms with Crippen LogP contribution in [-0.4, -0.2) is 36.3 Å². The lowest BCUT2D eigenvalue weighted by Gasteiger charge is -2.30. The molecule has 108 valence electrons. The van der Waals surface area contributed by atoms with Gasteiger partial charge in [0.2, 0.25) is 11.8 Å². The Labute approximate surface area is 119 Å². The molecule has 0 atom stereocenters. The molecule has 2 amide bonds. The molecule has 5 heteroatoms. The number of likely N-dealkylation sites (tertiary alicyclic amines) is 1. The van der Waals surface area contributed by atoms with Gasteiger partial charge in [-0.05, 0) is 44.5 Å². The van der Waals surface area contributed by atoms with Gasteiger partial charge >= 0.3 is 0 Å². The predicted molar refractivity (Wildman–Crippen MR) is 78.2 cm³/mol. The summed E-state index contributed by atoms with van der Waals surface area (Å²) in [5, 5.41) is 2.99. The SMILES string of the molecule is Cc1ccccc1NC(=O)C1CCN(CC(N)=O)CC1. The number of para-hydroxylation sites is 1. The number of primary amides is 1. The van der Waals surface area contributed by atoms with Crippen molar-refractivity contribution in [1.82, 2.24) is 4.90 Å². The number of carbonyl (C=O) groups is 2. The van der Waals surface area contributed by atoms with Crippen molar-refractivity contribution < 1.29 is 9.59 Å². The first-order valence-corrected chi connectivity index (χ1v) is 6.93. The monoisotopic (exact) mass is 275 g/mol. The molecule has 2 rings (SSSR count). The summed E-state index contributed by atoms with van der Waals surface area (Å²) >= 11 is 0. The lowest BCUT2D eigenvalue weighted by Crippen LogP contribution is -2.42. The van der Waals surface area contributed by atoms with E-state index in [9.17, 15) is 9.59 Å². The summed E-state index contributed by atoms with van der Waals surface area (Å²) < 4.78 is 0. The van der Waals surface area contributed by atoms with Gasteiger partial charge in [-0.25, -0.2) is 0 Å². The van der Waals surface area contributed by atoms with Gasteiger partial charge in [-0.2, -0.15) is 0 Å². The zero-order chi connectivity index (χ0) is 14.5. The van der Waals surface area contributed by atoms with Gasteiger partial charge in [0.1, 0.15) is 0 Å². The lowest BCUT2D eigenvalue weighted by molar-refractivity contribution is -0.122. The van der Waals surface area contributed by atoms with Gasteiger partial charge in [0.05, 0.1) is 6.54 Å². The molecule has 1 aromatic carbocycles. The summed E-state index contributed by atoms with van der Waals surface area (Å²) in [6.45, 7) is 3.75. The van der Waals surface area contributed by atoms with E-state index in [1.165, 1.54) is 0 Å². The third-order valence-electron chi connectivity index (χ3n) is 3.74. The van der Waals surface area contributed by atoms with Crippen LogP contribution in [0.5, 0.6) is 0 Å². The number of carbonyl (C=O) groups excluding carboxylic acids is 2. The number of hydrogen-bond acceptors (Lipinski definition) is 3. The molecule has 0 aromatic heterocycles. The Morgan fingerprint density at radius 2 is 1.95 bits per heavy atom. The number of aryl methyl sites for hydroxylation is 1. The fourth-order valence-electron chi connectivity index (χ4n) is 2.52. The van der Waals surface area contributed by atoms with Gasteiger partial charge in [-0.1, -0.05) is 18.2 Å². The van der Waals surface area contributed by atoms with Crippen LogP contribution in [-0.2, 0) is 9.59 Å². The highest BCUT2D eigenvalue weighted by Crippen LogP contribution is 2.20. The third kappa shape index (κ3) is 3.81. The van der Waals surface area contributed by atoms with Crippen LogP contribution in [0.15, 0.2) is 24.3 Å². The number of amides is 2. The number of benzene rings is 1. The van der Waals surface area contributed by atoms with Crippen molar-refractivity contribution in [3.63, 3.8) is 0 Å². The van der Waals surface area contributed by atoms with Crippen LogP contribution in [0.3, 0.4) is 0 Å². The Morgan fingerprint density at radius 1 is 1.30 bits per heavy atom. The lowest BCUT2D eigenvalue weighted by atomic mass is 9.95. The standard InChI is InChI=1S/C15H21N3O2/c1-11-4-2-3-5-13(11)17-15(20)12-6-8-18(9-7-12)10-14(16)19/h2-5,12H,6-10H2,1H3,(H2,16,19)(H,17,20). The van der Waals surface area contributed by atoms with E-state index in [0.29, 0.717) is 0 Å². The maximum atomic E-state index is 12.2. The van der Waals surface area contributed by atoms with Gasteiger partial charge in [0.15, 0.2) is 0 Å². The number of rotatable bonds is 4. The molecular formula is C15H21N3O2. The smallest absolute Gasteiger partial charge is 0.231 e. The van der Waals surface area contributed by atoms with Crippen LogP contribution < -0.4 is 11.1 Å². The fraction of sp³-hybridized carbons (Fsp3) is 0.467. The zero-order valence-electron chi connectivity index (χ0n) is 11.8. The highest BCUT2D eigenvalue weighted by atomic mass is 16.2. The van der Waals surface area contributed by atoms with E-state index in [-0.39, 0.29) is 24.3 Å². The van der Waals surface area contributed by atoms with Gasteiger partial charge < -0.3 is 11.1 Å². The molecule has 0 radical (unpaired) electrons. The van der Waals surface area contributed by atoms with Crippen LogP contribution in [0.25, 0.3) is 0 Å². The second kappa shape index (κ2) is 6.52. The van der Waals surface area contributed by atoms with E-state index in [0.717, 1.165) is 37.2 Å². The third-order valence-corrected chi connectivity index (χ3v) is 3.74. The molecular weight excluding hydrogens is 254 g/mol. The maximum absolute atomic E-state index is 12.2. The van der Waals surface area contributed by atoms with Crippen molar-refractivity contribution in [3.05, 3.63) is 29.8 Å². The molecule has 1 saturated heterocycles. The summed E-state index contributed by atoms with van der Waals surface area (Å²) in [5.41, 5.74) is 7.11. The molecule has 1 heterocycles. The van der Waals surface area contributed by atoms with Gasteiger partial charge in [-0.15, -0.1) is 0 Å². The molecule has 0 saturated carbocycles. The molecule has 20 heavy (non-hydrogen) atoms. The van der Waals surface area contributed by atoms with E-state index < -0.39 is 0 Å². The van der Waals surface area contributed by atoms with Crippen LogP contribution in [0.1, 0.15) is 18.4 Å². The highest BCUT2D eigenvalue weighted by Gasteiger charge is 2.25. The summed E-state index contributed by atoms with van der Waals surface area (Å²) in [4.78, 5) is 25.1. The first-order valence-electron chi connectivity index (χ1n) is 6.93. The molecule has 1 fully saturated rings. The Morgan fingerprint density at radius 3 is 2.55 bits per heavy atom. The minimum absolute atomic E-state index is 0.0127. The number of hydrogen-bond donors (Lipinski definition) is 2. The second-order valence-electron chi connectivity index (χ2n) is 5.32. The zero-order valence-corrected chi connectivity index (χ0v) is 11.8. The fourth-order valence-corrected chi connectivity index (χ4v) is 2.52. The molecule has 0 aliphatic carbocycles. The maximum Gasteiger partial charge on any atom is 0.231 e. The van der Waals surface area contributed by atoms with Crippen molar-refractivity contribution >= 4 is 17.5 Å². The van der Waals surface area contributed by atoms with Crippen molar-refractivity contribution in [2.75, 3.05) is 25.0 Å². The van der Waals surface area contributed by atoms with E-state index in [1.807, 2.05) is 36.1 Å². The average Bonchev–Trinajstić information content (AvgIpc) is 2.41. The minimum Gasteiger partial charge on any atom is -0.369 e. The molecule has 3 N–H and O–H groups in total. The molecule has 5 nitrogen and oxygen atoms in total. The van der Waals surface area contributed by atoms with Crippen molar-refractivity contribution in [2.24, 2.45) is 11.7 Å². The molecule has 0 spiro atoms. The summed E-state index contributed by atoms with van der Waals surface area (Å²) in [7, 11) is 0. The van der Waals surface area contributed by atoms with Crippen molar-refractivity contribution in [1.29, 1.82) is 0 Å². The van der Waals surface area contributed by atoms with Gasteiger partial charge in [0.25, 0.3) is 0 Å². The highest BCUT2D eigenvalue weighted by molar-refractivity contribution is 5.93. The van der Waals surface area contributed by atoms with Crippen LogP contribution in [0, 0.1) is 12.8 Å². The van der Waals surface area contributed by atoms with Crippen LogP contribution in [0.2, 0.25) is 0 Å². The second-order valence-corrected chi connectivity index (χ2v) is 5.32. The van der Waals surface area contributed by atoms with Crippen LogP contribution in [0.4, 0.5) is 5.69 Å². The van der Waals surface area contributed by atoms with Crippen molar-refractivity contribution in [3.8, 4) is 0 Å². The molecule has 0 unspecified atom stereocenters. The summed E-state index contributed by atoms with van der Waals surface area (Å²) in [6, 6.07) is 7.76. The normalized spacial score (nSPS) is 16.9. The van der Waals surface area contributed by atoms with E-state index >= 15 is 0 Å². The Kier molecular flexibility index (Phi) is 4.74. The van der Waals surface area contributed by atoms with Gasteiger partial charge in [-0.3, -0.25) is 14.5 Å². The minimum atomic E-state index is -0.312.